The van der Waals surface area contributed by atoms with Crippen molar-refractivity contribution in [3.05, 3.63) is 71.7 Å². The number of aliphatic hydroxyl groups is 1. The van der Waals surface area contributed by atoms with Gasteiger partial charge in [0.1, 0.15) is 11.1 Å². The van der Waals surface area contributed by atoms with Gasteiger partial charge in [-0.1, -0.05) is 11.6 Å². The van der Waals surface area contributed by atoms with Gasteiger partial charge in [0, 0.05) is 22.4 Å². The zero-order chi connectivity index (χ0) is 27.5. The van der Waals surface area contributed by atoms with E-state index >= 15 is 0 Å². The number of methoxy groups -OCH3 is 1. The molecule has 2 aromatic heterocycles. The van der Waals surface area contributed by atoms with Crippen molar-refractivity contribution in [1.82, 2.24) is 4.98 Å². The fraction of sp³-hybridized carbons (Fsp3) is 0.259. The Morgan fingerprint density at radius 3 is 2.69 bits per heavy atom. The van der Waals surface area contributed by atoms with Gasteiger partial charge in [-0.25, -0.2) is 0 Å². The first kappa shape index (κ1) is 23.9. The lowest BCUT2D eigenvalue weighted by molar-refractivity contribution is -0.0967. The van der Waals surface area contributed by atoms with Crippen molar-refractivity contribution in [3.63, 3.8) is 0 Å². The van der Waals surface area contributed by atoms with Gasteiger partial charge in [0.25, 0.3) is 5.56 Å². The molecule has 3 N–H and O–H groups in total. The summed E-state index contributed by atoms with van der Waals surface area (Å²) in [5, 5.41) is 23.5. The van der Waals surface area contributed by atoms with Crippen LogP contribution in [0.1, 0.15) is 50.1 Å². The zero-order valence-corrected chi connectivity index (χ0v) is 21.1. The summed E-state index contributed by atoms with van der Waals surface area (Å²) >= 11 is 6.23. The van der Waals surface area contributed by atoms with Gasteiger partial charge in [-0.3, -0.25) is 19.2 Å². The molecule has 39 heavy (non-hydrogen) atoms. The molecule has 0 fully saturated rings. The molecular weight excluding hydrogens is 534 g/mol. The number of aryl methyl sites for hydroxylation is 1. The van der Waals surface area contributed by atoms with Crippen molar-refractivity contribution in [3.8, 4) is 17.2 Å². The van der Waals surface area contributed by atoms with Crippen LogP contribution in [-0.2, 0) is 10.3 Å². The molecule has 1 aliphatic heterocycles. The maximum atomic E-state index is 13.9. The third kappa shape index (κ3) is 2.79. The van der Waals surface area contributed by atoms with E-state index in [0.717, 1.165) is 0 Å². The molecule has 3 atom stereocenters. The Hall–Kier alpha value is -4.19. The first-order valence-corrected chi connectivity index (χ1v) is 12.3. The van der Waals surface area contributed by atoms with Crippen molar-refractivity contribution in [2.24, 2.45) is 5.92 Å². The molecular formula is C27H18ClNO10. The van der Waals surface area contributed by atoms with Crippen LogP contribution in [0.15, 0.2) is 32.2 Å². The summed E-state index contributed by atoms with van der Waals surface area (Å²) in [6.07, 6.45) is -1.07. The number of carbonyl (C=O) groups excluding carboxylic acids is 2. The molecule has 4 aromatic rings. The molecule has 11 nitrogen and oxygen atoms in total. The molecule has 0 spiro atoms. The number of aromatic amines is 1. The van der Waals surface area contributed by atoms with Crippen LogP contribution in [0.2, 0.25) is 5.02 Å². The van der Waals surface area contributed by atoms with Crippen molar-refractivity contribution >= 4 is 45.1 Å². The fourth-order valence-corrected chi connectivity index (χ4v) is 6.38. The number of ether oxygens (including phenoxy) is 3. The van der Waals surface area contributed by atoms with E-state index in [4.69, 9.17) is 30.2 Å². The molecule has 12 heteroatoms. The Balaban J connectivity index is 1.64. The maximum Gasteiger partial charge on any atom is 0.259 e. The number of aromatic nitrogens is 1. The summed E-state index contributed by atoms with van der Waals surface area (Å²) < 4.78 is 22.8. The van der Waals surface area contributed by atoms with E-state index in [1.807, 2.05) is 0 Å². The van der Waals surface area contributed by atoms with E-state index in [1.54, 1.807) is 6.92 Å². The summed E-state index contributed by atoms with van der Waals surface area (Å²) in [5.41, 5.74) is -5.12. The summed E-state index contributed by atoms with van der Waals surface area (Å²) in [4.78, 5) is 56.6. The van der Waals surface area contributed by atoms with Crippen LogP contribution >= 0.6 is 11.6 Å². The molecule has 0 bridgehead atoms. The van der Waals surface area contributed by atoms with E-state index in [9.17, 15) is 29.4 Å². The van der Waals surface area contributed by atoms with Crippen molar-refractivity contribution in [1.29, 1.82) is 0 Å². The fourth-order valence-electron chi connectivity index (χ4n) is 6.16. The molecule has 2 aromatic carbocycles. The number of fused-ring (bicyclic) bond motifs is 6. The molecule has 0 unspecified atom stereocenters. The van der Waals surface area contributed by atoms with Gasteiger partial charge in [-0.05, 0) is 31.5 Å². The van der Waals surface area contributed by atoms with Gasteiger partial charge in [0.2, 0.25) is 11.2 Å². The SMILES string of the molecule is COc1c(Cl)ccc2c(=O)c3c(O)c4c5c(c3oc12)OCO[C@@H]5C[C@@H]1C(=O)c2cc(C)[nH]c(=O)c2C(=O)[C@@]41O. The number of aromatic hydroxyl groups is 1. The smallest absolute Gasteiger partial charge is 0.259 e. The van der Waals surface area contributed by atoms with Gasteiger partial charge in [0.05, 0.1) is 35.1 Å². The van der Waals surface area contributed by atoms with E-state index in [1.165, 1.54) is 25.3 Å². The highest BCUT2D eigenvalue weighted by atomic mass is 35.5. The van der Waals surface area contributed by atoms with Gasteiger partial charge in [-0.2, -0.15) is 0 Å². The van der Waals surface area contributed by atoms with Gasteiger partial charge < -0.3 is 33.8 Å². The lowest BCUT2D eigenvalue weighted by atomic mass is 9.60. The number of benzene rings is 2. The minimum atomic E-state index is -2.69. The average Bonchev–Trinajstić information content (AvgIpc) is 2.89. The van der Waals surface area contributed by atoms with Crippen LogP contribution in [0.3, 0.4) is 0 Å². The number of phenolic OH excluding ortho intramolecular Hbond substituents is 1. The second kappa shape index (κ2) is 7.69. The third-order valence-electron chi connectivity index (χ3n) is 7.82. The predicted molar refractivity (Wildman–Crippen MR) is 135 cm³/mol. The van der Waals surface area contributed by atoms with E-state index < -0.39 is 57.1 Å². The number of rotatable bonds is 1. The molecule has 0 saturated heterocycles. The summed E-state index contributed by atoms with van der Waals surface area (Å²) in [6, 6.07) is 4.18. The Morgan fingerprint density at radius 1 is 1.18 bits per heavy atom. The molecule has 3 aliphatic rings. The van der Waals surface area contributed by atoms with Crippen LogP contribution < -0.4 is 20.5 Å². The Kier molecular flexibility index (Phi) is 4.71. The van der Waals surface area contributed by atoms with Crippen LogP contribution in [0.4, 0.5) is 0 Å². The second-order valence-corrected chi connectivity index (χ2v) is 10.2. The van der Waals surface area contributed by atoms with Gasteiger partial charge in [-0.15, -0.1) is 0 Å². The van der Waals surface area contributed by atoms with E-state index in [0.29, 0.717) is 5.69 Å². The molecule has 0 amide bonds. The number of hydrogen-bond acceptors (Lipinski definition) is 10. The van der Waals surface area contributed by atoms with Crippen molar-refractivity contribution < 1.29 is 38.4 Å². The third-order valence-corrected chi connectivity index (χ3v) is 8.12. The summed E-state index contributed by atoms with van der Waals surface area (Å²) in [5.74, 6) is -3.90. The Morgan fingerprint density at radius 2 is 1.95 bits per heavy atom. The maximum absolute atomic E-state index is 13.9. The number of nitrogens with one attached hydrogen (secondary N) is 1. The lowest BCUT2D eigenvalue weighted by Gasteiger charge is -2.46. The minimum Gasteiger partial charge on any atom is -0.507 e. The number of Topliss-reactive ketones (excluding diaryl/α,β-unsaturated/α-hetero) is 2. The second-order valence-electron chi connectivity index (χ2n) is 9.79. The number of H-pyrrole nitrogens is 1. The van der Waals surface area contributed by atoms with E-state index in [2.05, 4.69) is 4.98 Å². The monoisotopic (exact) mass is 551 g/mol. The molecule has 0 saturated carbocycles. The van der Waals surface area contributed by atoms with Crippen molar-refractivity contribution in [2.45, 2.75) is 25.0 Å². The van der Waals surface area contributed by atoms with Crippen LogP contribution in [-0.4, -0.2) is 40.7 Å². The standard InChI is InChI=1S/C27H18ClNO10/c1-8-5-10-14(26(34)29-8)25(33)27(35)11(18(10)30)6-13-15-17(27)20(32)16-19(31)9-3-4-12(28)22(36-2)21(9)39-24(16)23(15)38-7-37-13/h3-5,11,13,32,35H,6-7H2,1-2H3,(H,29,34)/t11-,13-,27+/m1/s1. The molecule has 198 valence electrons. The highest BCUT2D eigenvalue weighted by Gasteiger charge is 2.62. The van der Waals surface area contributed by atoms with E-state index in [-0.39, 0.29) is 62.8 Å². The Bertz CT molecular complexity index is 1960. The van der Waals surface area contributed by atoms with Crippen LogP contribution in [0.5, 0.6) is 17.2 Å². The van der Waals surface area contributed by atoms with Gasteiger partial charge >= 0.3 is 0 Å². The average molecular weight is 552 g/mol. The van der Waals surface area contributed by atoms with Gasteiger partial charge in [0.15, 0.2) is 40.8 Å². The summed E-state index contributed by atoms with van der Waals surface area (Å²) in [6.45, 7) is 1.27. The first-order valence-electron chi connectivity index (χ1n) is 11.9. The number of carbonyl (C=O) groups is 2. The first-order chi connectivity index (χ1) is 18.6. The quantitative estimate of drug-likeness (QED) is 0.299. The molecule has 3 heterocycles. The number of hydrogen-bond donors (Lipinski definition) is 3. The largest absolute Gasteiger partial charge is 0.507 e. The number of halogens is 1. The topological polar surface area (TPSA) is 165 Å². The zero-order valence-electron chi connectivity index (χ0n) is 20.3. The van der Waals surface area contributed by atoms with Crippen LogP contribution in [0, 0.1) is 12.8 Å². The lowest BCUT2D eigenvalue weighted by Crippen LogP contribution is -2.56. The highest BCUT2D eigenvalue weighted by molar-refractivity contribution is 6.33. The summed E-state index contributed by atoms with van der Waals surface area (Å²) in [7, 11) is 1.35. The molecule has 2 aliphatic carbocycles. The molecule has 0 radical (unpaired) electrons. The number of ketones is 2. The molecule has 7 rings (SSSR count). The predicted octanol–water partition coefficient (Wildman–Crippen LogP) is 3.00. The normalized spacial score (nSPS) is 23.3. The van der Waals surface area contributed by atoms with Crippen LogP contribution in [0.25, 0.3) is 21.9 Å². The number of pyridine rings is 1. The minimum absolute atomic E-state index is 0.00234. The number of phenols is 1. The van der Waals surface area contributed by atoms with Crippen molar-refractivity contribution in [2.75, 3.05) is 13.9 Å². The highest BCUT2D eigenvalue weighted by Crippen LogP contribution is 2.59. The Labute approximate surface area is 222 Å².